The van der Waals surface area contributed by atoms with Crippen LogP contribution in [-0.2, 0) is 59.2 Å². The molecular weight excluding hydrogens is 1540 g/mol. The van der Waals surface area contributed by atoms with Crippen LogP contribution in [0, 0.1) is 59.2 Å². The summed E-state index contributed by atoms with van der Waals surface area (Å²) < 4.78 is 0. The highest BCUT2D eigenvalue weighted by molar-refractivity contribution is 5.95. The molecule has 13 aliphatic carbocycles. The molecule has 0 spiro atoms. The Morgan fingerprint density at radius 2 is 0.576 bits per heavy atom. The third-order valence-electron chi connectivity index (χ3n) is 37.7. The van der Waals surface area contributed by atoms with Crippen molar-refractivity contribution in [3.8, 4) is 0 Å². The predicted molar refractivity (Wildman–Crippen MR) is 513 cm³/mol. The number of rotatable bonds is 15. The quantitative estimate of drug-likeness (QED) is 0.0665. The monoisotopic (exact) mass is 1710 g/mol. The third kappa shape index (κ3) is 16.9. The van der Waals surface area contributed by atoms with Crippen LogP contribution in [0.1, 0.15) is 373 Å². The third-order valence-corrected chi connectivity index (χ3v) is 37.7. The molecule has 15 nitrogen and oxygen atoms in total. The minimum atomic E-state index is -0.314. The summed E-state index contributed by atoms with van der Waals surface area (Å²) in [6, 6.07) is 37.5. The number of carbonyl (C=O) groups excluding carboxylic acids is 5. The van der Waals surface area contributed by atoms with Crippen molar-refractivity contribution in [3.63, 3.8) is 0 Å². The Morgan fingerprint density at radius 3 is 0.872 bits per heavy atom. The molecule has 5 aliphatic heterocycles. The van der Waals surface area contributed by atoms with Crippen LogP contribution >= 0.6 is 0 Å². The number of amides is 5. The second-order valence-electron chi connectivity index (χ2n) is 43.4. The second kappa shape index (κ2) is 36.5. The van der Waals surface area contributed by atoms with Crippen LogP contribution in [0.5, 0.6) is 0 Å². The van der Waals surface area contributed by atoms with Gasteiger partial charge in [-0.05, 0) is 414 Å². The molecule has 5 aromatic rings. The molecule has 13 fully saturated rings. The number of nitrogens with two attached hydrogens (primary N) is 5. The molecule has 23 rings (SSSR count). The Kier molecular flexibility index (Phi) is 27.6. The summed E-state index contributed by atoms with van der Waals surface area (Å²) in [5, 5.41) is 0. The first-order valence-electron chi connectivity index (χ1n) is 48.6. The standard InChI is InChI=1S/2C22H30N2O.C21H28N2O.2C20H28N2O.5CH4/c2*1-14(15-5-6-15)24-11-10-22-9-3-2-4-18(22)20(24)13-16-7-8-17(21(23)25)12-19(16)22;22-20(24)16-7-6-15-12-19-17-3-1-2-8-21(17,18(15)11-16)9-10-23(19)13-14-4-5-14;2*1-12-18-11-15-6-7-16(19(21)23)10-17(15)20(12,3)8-9-22(18)13(2)14-4-5-14;;;;;/h2*7-8,12,14-15,18,20H,2-6,9-11,13H2,1H3,(H2,23,25);6-7,11,14,17,19H,1-5,8-10,12-13H2,(H2,22,24);2*6-7,10,12-14,18H,4-5,8-9,11H2,1-3H3,(H2,21,23);5*1H4/t14-,18?,20+,22+;14-,18?,20-,22-;17?,19-,21-;12-,13+,18+,20+;12-,13-,18+,20+;;;;;/m01100...../s1. The molecule has 0 aromatic heterocycles. The van der Waals surface area contributed by atoms with Crippen molar-refractivity contribution < 1.29 is 24.0 Å². The van der Waals surface area contributed by atoms with Crippen LogP contribution in [0.15, 0.2) is 91.0 Å². The van der Waals surface area contributed by atoms with Gasteiger partial charge in [0.2, 0.25) is 29.5 Å². The van der Waals surface area contributed by atoms with Crippen molar-refractivity contribution in [2.24, 2.45) is 87.8 Å². The summed E-state index contributed by atoms with van der Waals surface area (Å²) in [5.41, 5.74) is 47.0. The molecule has 19 atom stereocenters. The van der Waals surface area contributed by atoms with E-state index in [1.54, 1.807) is 0 Å². The molecule has 5 heterocycles. The highest BCUT2D eigenvalue weighted by Crippen LogP contribution is 2.62. The molecule has 10 bridgehead atoms. The van der Waals surface area contributed by atoms with Gasteiger partial charge in [-0.1, -0.05) is 134 Å². The topological polar surface area (TPSA) is 232 Å². The van der Waals surface area contributed by atoms with Gasteiger partial charge in [-0.2, -0.15) is 0 Å². The molecule has 125 heavy (non-hydrogen) atoms. The van der Waals surface area contributed by atoms with Crippen LogP contribution in [0.4, 0.5) is 0 Å². The minimum absolute atomic E-state index is 0. The van der Waals surface area contributed by atoms with E-state index >= 15 is 0 Å². The van der Waals surface area contributed by atoms with E-state index in [9.17, 15) is 24.0 Å². The van der Waals surface area contributed by atoms with Crippen molar-refractivity contribution in [1.29, 1.82) is 0 Å². The van der Waals surface area contributed by atoms with E-state index in [4.69, 9.17) is 28.7 Å². The molecule has 8 saturated carbocycles. The lowest BCUT2D eigenvalue weighted by Crippen LogP contribution is -2.63. The minimum Gasteiger partial charge on any atom is -0.366 e. The number of hydrogen-bond donors (Lipinski definition) is 5. The van der Waals surface area contributed by atoms with Crippen molar-refractivity contribution >= 4 is 29.5 Å². The first-order valence-corrected chi connectivity index (χ1v) is 48.6. The predicted octanol–water partition coefficient (Wildman–Crippen LogP) is 19.9. The first-order chi connectivity index (χ1) is 57.7. The van der Waals surface area contributed by atoms with Gasteiger partial charge in [0, 0.05) is 105 Å². The van der Waals surface area contributed by atoms with Crippen LogP contribution in [-0.4, -0.2) is 148 Å². The van der Waals surface area contributed by atoms with E-state index < -0.39 is 0 Å². The normalized spacial score (nSPS) is 33.8. The van der Waals surface area contributed by atoms with E-state index in [0.717, 1.165) is 103 Å². The molecule has 5 amide bonds. The molecule has 684 valence electrons. The highest BCUT2D eigenvalue weighted by Gasteiger charge is 2.60. The van der Waals surface area contributed by atoms with Gasteiger partial charge >= 0.3 is 0 Å². The maximum Gasteiger partial charge on any atom is 0.248 e. The largest absolute Gasteiger partial charge is 0.366 e. The number of carbonyl (C=O) groups is 5. The zero-order chi connectivity index (χ0) is 83.4. The van der Waals surface area contributed by atoms with Gasteiger partial charge in [-0.3, -0.25) is 48.5 Å². The highest BCUT2D eigenvalue weighted by atomic mass is 16.2. The summed E-state index contributed by atoms with van der Waals surface area (Å²) >= 11 is 0. The smallest absolute Gasteiger partial charge is 0.248 e. The Morgan fingerprint density at radius 1 is 0.320 bits per heavy atom. The lowest BCUT2D eigenvalue weighted by atomic mass is 9.52. The number of hydrogen-bond acceptors (Lipinski definition) is 10. The molecule has 18 aliphatic rings. The fraction of sp³-hybridized carbons (Fsp3) is 0.682. The maximum atomic E-state index is 11.8. The number of primary amides is 5. The summed E-state index contributed by atoms with van der Waals surface area (Å²) in [7, 11) is 0. The number of benzene rings is 5. The van der Waals surface area contributed by atoms with Gasteiger partial charge in [-0.15, -0.1) is 0 Å². The number of nitrogens with zero attached hydrogens (tertiary/aromatic N) is 5. The summed E-state index contributed by atoms with van der Waals surface area (Å²) in [5.74, 6) is 6.78. The summed E-state index contributed by atoms with van der Waals surface area (Å²) in [6.45, 7) is 26.8. The van der Waals surface area contributed by atoms with Gasteiger partial charge in [0.15, 0.2) is 0 Å². The Labute approximate surface area is 754 Å². The van der Waals surface area contributed by atoms with E-state index in [-0.39, 0.29) is 77.5 Å². The van der Waals surface area contributed by atoms with Crippen molar-refractivity contribution in [3.05, 3.63) is 174 Å². The van der Waals surface area contributed by atoms with Crippen LogP contribution < -0.4 is 28.7 Å². The van der Waals surface area contributed by atoms with Gasteiger partial charge in [0.25, 0.3) is 0 Å². The Bertz CT molecular complexity index is 4530. The fourth-order valence-electron chi connectivity index (χ4n) is 29.5. The van der Waals surface area contributed by atoms with Crippen molar-refractivity contribution in [1.82, 2.24) is 24.5 Å². The molecule has 10 N–H and O–H groups in total. The van der Waals surface area contributed by atoms with Crippen LogP contribution in [0.25, 0.3) is 0 Å². The summed E-state index contributed by atoms with van der Waals surface area (Å²) in [6.07, 6.45) is 42.3. The van der Waals surface area contributed by atoms with E-state index in [1.165, 1.54) is 275 Å². The van der Waals surface area contributed by atoms with E-state index in [0.29, 0.717) is 80.1 Å². The second-order valence-corrected chi connectivity index (χ2v) is 43.4. The average molecular weight is 1710 g/mol. The molecule has 3 unspecified atom stereocenters. The Hall–Kier alpha value is -6.75. The SMILES string of the molecule is C.C.C.C.C.C[C@@H](C1CC1)N1CC[C@@]2(C)c3cc(C(N)=O)ccc3C[C@@H]1[C@@H]2C.C[C@@H](C1CC1)N1CC[C@]23CCCCC2[C@H]1Cc1ccc(C(N)=O)cc13.C[C@H](C1CC1)N1CC[C@@]2(C)c3cc(C(N)=O)ccc3C[C@@H]1[C@@H]2C.C[C@H](C1CC1)N1CC[C@]23CCCCC2[C@H]1Cc1ccc(C(N)=O)cc13.NC(=O)c1ccc2c(c1)[C@@]13CCCCC1[C@@H](C2)N(CC1CC1)CC3. The van der Waals surface area contributed by atoms with Crippen LogP contribution in [0.3, 0.4) is 0 Å². The fourth-order valence-corrected chi connectivity index (χ4v) is 29.5. The van der Waals surface area contributed by atoms with Crippen molar-refractivity contribution in [2.45, 2.75) is 379 Å². The molecular formula is C110H164N10O5. The molecule has 0 radical (unpaired) electrons. The maximum absolute atomic E-state index is 11.8. The summed E-state index contributed by atoms with van der Waals surface area (Å²) in [4.78, 5) is 72.5. The van der Waals surface area contributed by atoms with Gasteiger partial charge in [0.1, 0.15) is 0 Å². The first kappa shape index (κ1) is 94.4. The van der Waals surface area contributed by atoms with E-state index in [1.807, 2.05) is 30.3 Å². The molecule has 5 saturated heterocycles. The number of piperidine rings is 5. The van der Waals surface area contributed by atoms with Gasteiger partial charge in [-0.25, -0.2) is 0 Å². The van der Waals surface area contributed by atoms with Gasteiger partial charge < -0.3 is 28.7 Å². The number of likely N-dealkylation sites (tertiary alicyclic amines) is 5. The lowest BCUT2D eigenvalue weighted by molar-refractivity contribution is -0.0343. The zero-order valence-corrected chi connectivity index (χ0v) is 74.2. The van der Waals surface area contributed by atoms with E-state index in [2.05, 4.69) is 141 Å². The average Bonchev–Trinajstić information content (AvgIpc) is 1.70. The van der Waals surface area contributed by atoms with Gasteiger partial charge in [0.05, 0.1) is 0 Å². The van der Waals surface area contributed by atoms with Crippen molar-refractivity contribution in [2.75, 3.05) is 39.3 Å². The number of fused-ring (bicyclic) bond motifs is 11. The zero-order valence-electron chi connectivity index (χ0n) is 74.2. The van der Waals surface area contributed by atoms with Crippen LogP contribution in [0.2, 0.25) is 0 Å². The molecule has 15 heteroatoms. The molecule has 5 aromatic carbocycles. The Balaban J connectivity index is 0.000000126. The lowest BCUT2D eigenvalue weighted by Gasteiger charge is -2.60.